The van der Waals surface area contributed by atoms with E-state index in [1.165, 1.54) is 11.3 Å². The van der Waals surface area contributed by atoms with Crippen LogP contribution in [0.25, 0.3) is 6.08 Å². The van der Waals surface area contributed by atoms with E-state index in [2.05, 4.69) is 30.3 Å². The smallest absolute Gasteiger partial charge is 0.0609 e. The largest absolute Gasteiger partial charge is 0.316 e. The quantitative estimate of drug-likeness (QED) is 0.759. The number of aromatic nitrogens is 2. The van der Waals surface area contributed by atoms with Crippen LogP contribution in [0.5, 0.6) is 0 Å². The second-order valence-corrected chi connectivity index (χ2v) is 3.09. The molecule has 0 saturated heterocycles. The van der Waals surface area contributed by atoms with Crippen LogP contribution >= 0.6 is 0 Å². The Morgan fingerprint density at radius 2 is 2.46 bits per heavy atom. The molecule has 0 saturated carbocycles. The normalized spacial score (nSPS) is 12.1. The van der Waals surface area contributed by atoms with Gasteiger partial charge in [0.1, 0.15) is 0 Å². The molecule has 0 aliphatic carbocycles. The summed E-state index contributed by atoms with van der Waals surface area (Å²) in [7, 11) is 1.95. The predicted octanol–water partition coefficient (Wildman–Crippen LogP) is 1.53. The van der Waals surface area contributed by atoms with E-state index in [0.29, 0.717) is 0 Å². The molecule has 0 aliphatic rings. The van der Waals surface area contributed by atoms with Gasteiger partial charge in [0.05, 0.1) is 5.69 Å². The van der Waals surface area contributed by atoms with Crippen LogP contribution < -0.4 is 5.32 Å². The maximum absolute atomic E-state index is 4.20. The summed E-state index contributed by atoms with van der Waals surface area (Å²) in [5, 5.41) is 7.32. The highest BCUT2D eigenvalue weighted by Gasteiger charge is 1.96. The maximum Gasteiger partial charge on any atom is 0.0609 e. The van der Waals surface area contributed by atoms with Gasteiger partial charge in [0, 0.05) is 19.3 Å². The van der Waals surface area contributed by atoms with Crippen molar-refractivity contribution in [2.45, 2.75) is 20.4 Å². The second kappa shape index (κ2) is 4.82. The van der Waals surface area contributed by atoms with E-state index in [0.717, 1.165) is 13.1 Å². The predicted molar refractivity (Wildman–Crippen MR) is 55.5 cm³/mol. The number of hydrogen-bond donors (Lipinski definition) is 1. The van der Waals surface area contributed by atoms with E-state index in [-0.39, 0.29) is 0 Å². The third-order valence-corrected chi connectivity index (χ3v) is 1.90. The Morgan fingerprint density at radius 1 is 1.69 bits per heavy atom. The minimum atomic E-state index is 0.922. The lowest BCUT2D eigenvalue weighted by molar-refractivity contribution is 0.653. The molecule has 1 heterocycles. The van der Waals surface area contributed by atoms with Crippen LogP contribution in [-0.4, -0.2) is 23.4 Å². The van der Waals surface area contributed by atoms with Crippen molar-refractivity contribution in [3.05, 3.63) is 23.5 Å². The molecule has 0 radical (unpaired) electrons. The van der Waals surface area contributed by atoms with Crippen molar-refractivity contribution in [1.82, 2.24) is 15.1 Å². The Labute approximate surface area is 79.5 Å². The summed E-state index contributed by atoms with van der Waals surface area (Å²) < 4.78 is 1.99. The summed E-state index contributed by atoms with van der Waals surface area (Å²) in [6, 6.07) is 2.03. The van der Waals surface area contributed by atoms with Gasteiger partial charge in [-0.25, -0.2) is 0 Å². The molecule has 0 fully saturated rings. The highest BCUT2D eigenvalue weighted by atomic mass is 15.3. The van der Waals surface area contributed by atoms with Crippen molar-refractivity contribution >= 4 is 6.08 Å². The lowest BCUT2D eigenvalue weighted by Gasteiger charge is -2.02. The summed E-state index contributed by atoms with van der Waals surface area (Å²) in [6.07, 6.45) is 4.00. The fourth-order valence-corrected chi connectivity index (χ4v) is 1.31. The molecule has 0 amide bonds. The van der Waals surface area contributed by atoms with Crippen LogP contribution in [0.4, 0.5) is 0 Å². The van der Waals surface area contributed by atoms with E-state index < -0.39 is 0 Å². The van der Waals surface area contributed by atoms with Gasteiger partial charge in [-0.1, -0.05) is 5.57 Å². The standard InChI is InChI=1S/C10H17N3/c1-4-13-10(5-6-12-13)7-9(2)8-11-3/h5-7,11H,4,8H2,1-3H3/b9-7-. The first-order chi connectivity index (χ1) is 6.27. The number of likely N-dealkylation sites (N-methyl/N-ethyl adjacent to an activating group) is 1. The number of aryl methyl sites for hydroxylation is 1. The SMILES string of the molecule is CCn1nccc1/C=C(/C)CNC. The molecule has 1 rings (SSSR count). The van der Waals surface area contributed by atoms with Crippen LogP contribution in [0.15, 0.2) is 17.8 Å². The molecule has 13 heavy (non-hydrogen) atoms. The van der Waals surface area contributed by atoms with Crippen LogP contribution in [-0.2, 0) is 6.54 Å². The molecular weight excluding hydrogens is 162 g/mol. The first-order valence-corrected chi connectivity index (χ1v) is 4.61. The highest BCUT2D eigenvalue weighted by Crippen LogP contribution is 2.05. The van der Waals surface area contributed by atoms with Gasteiger partial charge in [0.15, 0.2) is 0 Å². The van der Waals surface area contributed by atoms with Crippen molar-refractivity contribution in [2.75, 3.05) is 13.6 Å². The summed E-state index contributed by atoms with van der Waals surface area (Å²) in [4.78, 5) is 0. The Kier molecular flexibility index (Phi) is 3.71. The summed E-state index contributed by atoms with van der Waals surface area (Å²) >= 11 is 0. The molecule has 0 bridgehead atoms. The molecular formula is C10H17N3. The zero-order chi connectivity index (χ0) is 9.68. The highest BCUT2D eigenvalue weighted by molar-refractivity contribution is 5.48. The van der Waals surface area contributed by atoms with Gasteiger partial charge in [0.25, 0.3) is 0 Å². The Morgan fingerprint density at radius 3 is 3.08 bits per heavy atom. The molecule has 72 valence electrons. The maximum atomic E-state index is 4.20. The third kappa shape index (κ3) is 2.70. The average molecular weight is 179 g/mol. The number of hydrogen-bond acceptors (Lipinski definition) is 2. The Bertz CT molecular complexity index is 286. The van der Waals surface area contributed by atoms with E-state index >= 15 is 0 Å². The van der Waals surface area contributed by atoms with Gasteiger partial charge in [-0.2, -0.15) is 5.10 Å². The first-order valence-electron chi connectivity index (χ1n) is 4.61. The van der Waals surface area contributed by atoms with Crippen LogP contribution in [0.2, 0.25) is 0 Å². The van der Waals surface area contributed by atoms with Crippen molar-refractivity contribution in [2.24, 2.45) is 0 Å². The molecule has 3 heteroatoms. The van der Waals surface area contributed by atoms with Gasteiger partial charge in [-0.3, -0.25) is 4.68 Å². The minimum Gasteiger partial charge on any atom is -0.316 e. The molecule has 0 aromatic carbocycles. The molecule has 1 aromatic heterocycles. The number of rotatable bonds is 4. The van der Waals surface area contributed by atoms with Gasteiger partial charge in [-0.15, -0.1) is 0 Å². The molecule has 0 unspecified atom stereocenters. The van der Waals surface area contributed by atoms with Gasteiger partial charge in [-0.05, 0) is 33.0 Å². The van der Waals surface area contributed by atoms with Crippen LogP contribution in [0, 0.1) is 0 Å². The zero-order valence-corrected chi connectivity index (χ0v) is 8.54. The van der Waals surface area contributed by atoms with Gasteiger partial charge in [0.2, 0.25) is 0 Å². The van der Waals surface area contributed by atoms with E-state index in [1.807, 2.05) is 24.0 Å². The van der Waals surface area contributed by atoms with Crippen LogP contribution in [0.3, 0.4) is 0 Å². The Balaban J connectivity index is 2.77. The Hall–Kier alpha value is -1.09. The lowest BCUT2D eigenvalue weighted by atomic mass is 10.2. The number of nitrogens with zero attached hydrogens (tertiary/aromatic N) is 2. The van der Waals surface area contributed by atoms with E-state index in [4.69, 9.17) is 0 Å². The molecule has 0 atom stereocenters. The molecule has 0 aliphatic heterocycles. The zero-order valence-electron chi connectivity index (χ0n) is 8.54. The molecule has 0 spiro atoms. The van der Waals surface area contributed by atoms with Gasteiger partial charge >= 0.3 is 0 Å². The summed E-state index contributed by atoms with van der Waals surface area (Å²) in [5.41, 5.74) is 2.49. The second-order valence-electron chi connectivity index (χ2n) is 3.09. The van der Waals surface area contributed by atoms with E-state index in [1.54, 1.807) is 0 Å². The molecule has 1 aromatic rings. The van der Waals surface area contributed by atoms with Gasteiger partial charge < -0.3 is 5.32 Å². The minimum absolute atomic E-state index is 0.922. The molecule has 1 N–H and O–H groups in total. The van der Waals surface area contributed by atoms with Crippen molar-refractivity contribution in [3.8, 4) is 0 Å². The average Bonchev–Trinajstić information content (AvgIpc) is 2.52. The monoisotopic (exact) mass is 179 g/mol. The van der Waals surface area contributed by atoms with Crippen molar-refractivity contribution in [3.63, 3.8) is 0 Å². The summed E-state index contributed by atoms with van der Waals surface area (Å²) in [5.74, 6) is 0. The number of nitrogens with one attached hydrogen (secondary N) is 1. The topological polar surface area (TPSA) is 29.9 Å². The lowest BCUT2D eigenvalue weighted by Crippen LogP contribution is -2.09. The first kappa shape index (κ1) is 9.99. The van der Waals surface area contributed by atoms with E-state index in [9.17, 15) is 0 Å². The summed E-state index contributed by atoms with van der Waals surface area (Å²) in [6.45, 7) is 6.06. The van der Waals surface area contributed by atoms with Crippen LogP contribution in [0.1, 0.15) is 19.5 Å². The molecule has 3 nitrogen and oxygen atoms in total. The van der Waals surface area contributed by atoms with Crippen molar-refractivity contribution < 1.29 is 0 Å². The fourth-order valence-electron chi connectivity index (χ4n) is 1.31. The van der Waals surface area contributed by atoms with Crippen molar-refractivity contribution in [1.29, 1.82) is 0 Å². The third-order valence-electron chi connectivity index (χ3n) is 1.90. The fraction of sp³-hybridized carbons (Fsp3) is 0.500.